The predicted octanol–water partition coefficient (Wildman–Crippen LogP) is 0.824. The average molecular weight is 200 g/mol. The highest BCUT2D eigenvalue weighted by Gasteiger charge is 2.13. The van der Waals surface area contributed by atoms with Crippen LogP contribution in [0.15, 0.2) is 10.6 Å². The van der Waals surface area contributed by atoms with Crippen LogP contribution in [0.5, 0.6) is 0 Å². The number of nitriles is 1. The Kier molecular flexibility index (Phi) is 5.81. The van der Waals surface area contributed by atoms with Gasteiger partial charge in [0.25, 0.3) is 0 Å². The summed E-state index contributed by atoms with van der Waals surface area (Å²) in [6, 6.07) is 1.74. The van der Waals surface area contributed by atoms with E-state index in [1.807, 2.05) is 6.92 Å². The number of nitrogens with zero attached hydrogens (tertiary/aromatic N) is 1. The van der Waals surface area contributed by atoms with Crippen molar-refractivity contribution in [3.63, 3.8) is 0 Å². The maximum absolute atomic E-state index is 11.1. The van der Waals surface area contributed by atoms with Crippen LogP contribution in [0, 0.1) is 11.3 Å². The van der Waals surface area contributed by atoms with Gasteiger partial charge in [0.1, 0.15) is 6.07 Å². The van der Waals surface area contributed by atoms with Gasteiger partial charge in [-0.25, -0.2) is 4.79 Å². The lowest BCUT2D eigenvalue weighted by molar-refractivity contribution is -0.138. The van der Waals surface area contributed by atoms with Crippen LogP contribution in [-0.4, -0.2) is 19.1 Å². The second-order valence-electron chi connectivity index (χ2n) is 2.09. The molecule has 0 aliphatic rings. The lowest BCUT2D eigenvalue weighted by Gasteiger charge is -2.04. The van der Waals surface area contributed by atoms with E-state index < -0.39 is 5.97 Å². The molecular formula is C8H12N2O2S. The molecule has 4 nitrogen and oxygen atoms in total. The van der Waals surface area contributed by atoms with Crippen LogP contribution in [-0.2, 0) is 9.53 Å². The molecule has 5 heteroatoms. The van der Waals surface area contributed by atoms with Crippen molar-refractivity contribution in [1.29, 1.82) is 5.26 Å². The first-order valence-corrected chi connectivity index (χ1v) is 4.36. The first-order valence-electron chi connectivity index (χ1n) is 3.91. The molecule has 0 unspecified atom stereocenters. The molecule has 0 saturated heterocycles. The minimum absolute atomic E-state index is 0.0907. The van der Waals surface area contributed by atoms with Gasteiger partial charge in [-0.1, -0.05) is 0 Å². The van der Waals surface area contributed by atoms with Crippen molar-refractivity contribution in [2.75, 3.05) is 13.2 Å². The largest absolute Gasteiger partial charge is 0.462 e. The first-order chi connectivity index (χ1) is 6.17. The normalized spacial score (nSPS) is 11.2. The number of esters is 1. The van der Waals surface area contributed by atoms with Gasteiger partial charge in [-0.3, -0.25) is 0 Å². The highest BCUT2D eigenvalue weighted by molar-refractivity contribution is 7.84. The van der Waals surface area contributed by atoms with Crippen molar-refractivity contribution < 1.29 is 9.53 Å². The quantitative estimate of drug-likeness (QED) is 0.305. The van der Waals surface area contributed by atoms with Gasteiger partial charge in [0.2, 0.25) is 0 Å². The Hall–Kier alpha value is -1.15. The molecule has 0 aromatic rings. The fourth-order valence-corrected chi connectivity index (χ4v) is 0.954. The molecule has 0 atom stereocenters. The smallest absolute Gasteiger partial charge is 0.351 e. The number of ether oxygens (including phenoxy) is 1. The van der Waals surface area contributed by atoms with Crippen molar-refractivity contribution in [3.8, 4) is 6.07 Å². The van der Waals surface area contributed by atoms with Gasteiger partial charge < -0.3 is 10.1 Å². The summed E-state index contributed by atoms with van der Waals surface area (Å²) in [6.45, 7) is 4.37. The summed E-state index contributed by atoms with van der Waals surface area (Å²) in [4.78, 5) is 11.1. The molecule has 0 aliphatic carbocycles. The molecular weight excluding hydrogens is 188 g/mol. The summed E-state index contributed by atoms with van der Waals surface area (Å²) in [5.74, 6) is -0.643. The Labute approximate surface area is 83.0 Å². The fourth-order valence-electron chi connectivity index (χ4n) is 0.654. The molecule has 0 aliphatic heterocycles. The van der Waals surface area contributed by atoms with Crippen LogP contribution in [0.1, 0.15) is 13.8 Å². The number of rotatable bonds is 4. The minimum atomic E-state index is -0.643. The van der Waals surface area contributed by atoms with Gasteiger partial charge in [-0.15, -0.1) is 12.6 Å². The summed E-state index contributed by atoms with van der Waals surface area (Å²) in [5.41, 5.74) is -0.0907. The molecule has 0 aromatic carbocycles. The summed E-state index contributed by atoms with van der Waals surface area (Å²) in [5, 5.41) is 11.6. The van der Waals surface area contributed by atoms with E-state index in [1.54, 1.807) is 13.0 Å². The van der Waals surface area contributed by atoms with Crippen molar-refractivity contribution in [3.05, 3.63) is 10.6 Å². The topological polar surface area (TPSA) is 62.1 Å². The van der Waals surface area contributed by atoms with Gasteiger partial charge in [0, 0.05) is 6.54 Å². The Morgan fingerprint density at radius 2 is 2.23 bits per heavy atom. The number of hydrogen-bond donors (Lipinski definition) is 2. The zero-order valence-corrected chi connectivity index (χ0v) is 8.52. The molecule has 13 heavy (non-hydrogen) atoms. The third-order valence-electron chi connectivity index (χ3n) is 1.17. The fraction of sp³-hybridized carbons (Fsp3) is 0.500. The van der Waals surface area contributed by atoms with Crippen molar-refractivity contribution in [1.82, 2.24) is 5.32 Å². The molecule has 0 aromatic heterocycles. The van der Waals surface area contributed by atoms with Crippen LogP contribution in [0.25, 0.3) is 0 Å². The second kappa shape index (κ2) is 6.38. The maximum Gasteiger partial charge on any atom is 0.351 e. The van der Waals surface area contributed by atoms with Crippen LogP contribution < -0.4 is 5.32 Å². The number of hydrogen-bond acceptors (Lipinski definition) is 5. The summed E-state index contributed by atoms with van der Waals surface area (Å²) in [7, 11) is 0. The van der Waals surface area contributed by atoms with Crippen LogP contribution in [0.3, 0.4) is 0 Å². The molecule has 0 radical (unpaired) electrons. The molecule has 0 heterocycles. The lowest BCUT2D eigenvalue weighted by atomic mass is 10.3. The van der Waals surface area contributed by atoms with E-state index in [1.165, 1.54) is 0 Å². The van der Waals surface area contributed by atoms with E-state index >= 15 is 0 Å². The van der Waals surface area contributed by atoms with Crippen molar-refractivity contribution in [2.45, 2.75) is 13.8 Å². The second-order valence-corrected chi connectivity index (χ2v) is 2.53. The molecule has 0 rings (SSSR count). The van der Waals surface area contributed by atoms with E-state index in [2.05, 4.69) is 22.7 Å². The molecule has 0 saturated carbocycles. The first kappa shape index (κ1) is 11.8. The summed E-state index contributed by atoms with van der Waals surface area (Å²) >= 11 is 3.96. The van der Waals surface area contributed by atoms with Crippen molar-refractivity contribution >= 4 is 18.6 Å². The summed E-state index contributed by atoms with van der Waals surface area (Å²) in [6.07, 6.45) is 0. The monoisotopic (exact) mass is 200 g/mol. The Bertz CT molecular complexity index is 255. The van der Waals surface area contributed by atoms with E-state index in [0.717, 1.165) is 0 Å². The van der Waals surface area contributed by atoms with E-state index in [-0.39, 0.29) is 17.2 Å². The summed E-state index contributed by atoms with van der Waals surface area (Å²) < 4.78 is 4.65. The lowest BCUT2D eigenvalue weighted by Crippen LogP contribution is -2.15. The molecule has 72 valence electrons. The van der Waals surface area contributed by atoms with Gasteiger partial charge in [0.05, 0.1) is 11.6 Å². The third kappa shape index (κ3) is 3.85. The molecule has 0 amide bonds. The molecule has 0 bridgehead atoms. The Morgan fingerprint density at radius 1 is 1.62 bits per heavy atom. The van der Waals surface area contributed by atoms with E-state index in [9.17, 15) is 4.79 Å². The third-order valence-corrected chi connectivity index (χ3v) is 1.55. The SMILES string of the molecule is CCNC(S)=C(C#N)C(=O)OCC. The van der Waals surface area contributed by atoms with Crippen LogP contribution in [0.2, 0.25) is 0 Å². The molecule has 0 fully saturated rings. The number of carbonyl (C=O) groups is 1. The number of carbonyl (C=O) groups excluding carboxylic acids is 1. The van der Waals surface area contributed by atoms with Crippen LogP contribution >= 0.6 is 12.6 Å². The van der Waals surface area contributed by atoms with Crippen molar-refractivity contribution in [2.24, 2.45) is 0 Å². The highest BCUT2D eigenvalue weighted by Crippen LogP contribution is 2.06. The standard InChI is InChI=1S/C8H12N2O2S/c1-3-10-7(13)6(5-9)8(11)12-4-2/h10,13H,3-4H2,1-2H3. The van der Waals surface area contributed by atoms with Gasteiger partial charge >= 0.3 is 5.97 Å². The minimum Gasteiger partial charge on any atom is -0.462 e. The highest BCUT2D eigenvalue weighted by atomic mass is 32.1. The predicted molar refractivity (Wildman–Crippen MR) is 51.9 cm³/mol. The number of thiol groups is 1. The van der Waals surface area contributed by atoms with E-state index in [4.69, 9.17) is 5.26 Å². The zero-order chi connectivity index (χ0) is 10.3. The van der Waals surface area contributed by atoms with Crippen LogP contribution in [0.4, 0.5) is 0 Å². The molecule has 0 spiro atoms. The zero-order valence-electron chi connectivity index (χ0n) is 7.63. The van der Waals surface area contributed by atoms with Gasteiger partial charge in [0.15, 0.2) is 5.57 Å². The van der Waals surface area contributed by atoms with Gasteiger partial charge in [-0.05, 0) is 13.8 Å². The Balaban J connectivity index is 4.59. The maximum atomic E-state index is 11.1. The number of nitrogens with one attached hydrogen (secondary N) is 1. The van der Waals surface area contributed by atoms with E-state index in [0.29, 0.717) is 6.54 Å². The Morgan fingerprint density at radius 3 is 2.62 bits per heavy atom. The molecule has 1 N–H and O–H groups in total. The average Bonchev–Trinajstić information content (AvgIpc) is 2.06. The van der Waals surface area contributed by atoms with Gasteiger partial charge in [-0.2, -0.15) is 5.26 Å².